The Balaban J connectivity index is 1.81. The summed E-state index contributed by atoms with van der Waals surface area (Å²) in [6.45, 7) is 0.754. The van der Waals surface area contributed by atoms with Crippen molar-refractivity contribution in [1.29, 1.82) is 5.26 Å². The van der Waals surface area contributed by atoms with Gasteiger partial charge in [0.25, 0.3) is 0 Å². The van der Waals surface area contributed by atoms with Crippen LogP contribution >= 0.6 is 11.3 Å². The largest absolute Gasteiger partial charge is 0.309 e. The van der Waals surface area contributed by atoms with Gasteiger partial charge in [0, 0.05) is 17.5 Å². The molecule has 1 fully saturated rings. The van der Waals surface area contributed by atoms with Crippen LogP contribution in [0.2, 0.25) is 0 Å². The van der Waals surface area contributed by atoms with Crippen molar-refractivity contribution >= 4 is 11.3 Å². The Hall–Kier alpha value is -0.920. The lowest BCUT2D eigenvalue weighted by Gasteiger charge is -2.09. The summed E-state index contributed by atoms with van der Waals surface area (Å²) in [6, 6.07) is 6.21. The van der Waals surface area contributed by atoms with Crippen LogP contribution in [0.1, 0.15) is 29.0 Å². The van der Waals surface area contributed by atoms with E-state index in [1.165, 1.54) is 11.3 Å². The summed E-state index contributed by atoms with van der Waals surface area (Å²) in [7, 11) is 0. The van der Waals surface area contributed by atoms with Crippen molar-refractivity contribution in [3.05, 3.63) is 21.9 Å². The third-order valence-electron chi connectivity index (χ3n) is 2.71. The molecule has 0 aliphatic heterocycles. The minimum absolute atomic E-state index is 0.313. The lowest BCUT2D eigenvalue weighted by molar-refractivity contribution is 0.333. The number of rotatable bonds is 3. The van der Waals surface area contributed by atoms with Crippen molar-refractivity contribution in [2.75, 3.05) is 0 Å². The number of hydrogen-bond donors (Lipinski definition) is 1. The second-order valence-electron chi connectivity index (χ2n) is 3.87. The van der Waals surface area contributed by atoms with Gasteiger partial charge in [-0.15, -0.1) is 11.3 Å². The molecule has 2 rings (SSSR count). The summed E-state index contributed by atoms with van der Waals surface area (Å²) in [5.41, 5.74) is 0. The monoisotopic (exact) mass is 224 g/mol. The lowest BCUT2D eigenvalue weighted by Crippen LogP contribution is -2.25. The van der Waals surface area contributed by atoms with E-state index in [-0.39, 0.29) is 0 Å². The van der Waals surface area contributed by atoms with Crippen LogP contribution < -0.4 is 5.32 Å². The predicted octanol–water partition coefficient (Wildman–Crippen LogP) is 2.60. The lowest BCUT2D eigenvalue weighted by atomic mass is 10.2. The maximum absolute atomic E-state index is 12.9. The second kappa shape index (κ2) is 4.73. The third-order valence-corrected chi connectivity index (χ3v) is 3.70. The first-order valence-corrected chi connectivity index (χ1v) is 5.96. The van der Waals surface area contributed by atoms with Gasteiger partial charge in [-0.2, -0.15) is 5.26 Å². The van der Waals surface area contributed by atoms with Crippen molar-refractivity contribution < 1.29 is 4.39 Å². The van der Waals surface area contributed by atoms with Gasteiger partial charge in [-0.3, -0.25) is 0 Å². The van der Waals surface area contributed by atoms with Gasteiger partial charge >= 0.3 is 0 Å². The number of nitriles is 1. The van der Waals surface area contributed by atoms with E-state index in [2.05, 4.69) is 11.4 Å². The van der Waals surface area contributed by atoms with Crippen LogP contribution in [-0.2, 0) is 6.54 Å². The summed E-state index contributed by atoms with van der Waals surface area (Å²) >= 11 is 1.50. The van der Waals surface area contributed by atoms with Gasteiger partial charge in [-0.1, -0.05) is 0 Å². The van der Waals surface area contributed by atoms with Gasteiger partial charge in [-0.05, 0) is 31.4 Å². The molecule has 2 nitrogen and oxygen atoms in total. The van der Waals surface area contributed by atoms with E-state index in [1.807, 2.05) is 12.1 Å². The normalized spacial score (nSPS) is 25.3. The average Bonchev–Trinajstić information content (AvgIpc) is 2.83. The molecule has 0 spiro atoms. The standard InChI is InChI=1S/C11H13FN2S/c12-8-1-2-9(5-8)14-7-11-4-3-10(6-13)15-11/h3-4,8-9,14H,1-2,5,7H2/t8-,9+/m1/s1. The van der Waals surface area contributed by atoms with Crippen molar-refractivity contribution in [2.24, 2.45) is 0 Å². The van der Waals surface area contributed by atoms with Crippen LogP contribution in [-0.4, -0.2) is 12.2 Å². The van der Waals surface area contributed by atoms with Gasteiger partial charge in [0.1, 0.15) is 17.1 Å². The summed E-state index contributed by atoms with van der Waals surface area (Å²) in [5.74, 6) is 0. The molecule has 1 saturated carbocycles. The van der Waals surface area contributed by atoms with Crippen molar-refractivity contribution in [3.63, 3.8) is 0 Å². The molecule has 0 unspecified atom stereocenters. The van der Waals surface area contributed by atoms with E-state index in [0.29, 0.717) is 18.9 Å². The Morgan fingerprint density at radius 1 is 1.53 bits per heavy atom. The molecular weight excluding hydrogens is 211 g/mol. The number of thiophene rings is 1. The summed E-state index contributed by atoms with van der Waals surface area (Å²) < 4.78 is 12.9. The number of nitrogens with one attached hydrogen (secondary N) is 1. The van der Waals surface area contributed by atoms with Crippen LogP contribution in [0.4, 0.5) is 4.39 Å². The van der Waals surface area contributed by atoms with Gasteiger partial charge in [-0.25, -0.2) is 4.39 Å². The molecule has 4 heteroatoms. The van der Waals surface area contributed by atoms with E-state index in [4.69, 9.17) is 5.26 Å². The Labute approximate surface area is 92.7 Å². The first-order chi connectivity index (χ1) is 7.28. The fourth-order valence-electron chi connectivity index (χ4n) is 1.89. The SMILES string of the molecule is N#Cc1ccc(CN[C@H]2CC[C@@H](F)C2)s1. The quantitative estimate of drug-likeness (QED) is 0.856. The Morgan fingerprint density at radius 2 is 2.40 bits per heavy atom. The van der Waals surface area contributed by atoms with Gasteiger partial charge in [0.15, 0.2) is 0 Å². The molecule has 1 aliphatic carbocycles. The van der Waals surface area contributed by atoms with Crippen LogP contribution in [0, 0.1) is 11.3 Å². The number of hydrogen-bond acceptors (Lipinski definition) is 3. The topological polar surface area (TPSA) is 35.8 Å². The van der Waals surface area contributed by atoms with E-state index in [1.54, 1.807) is 0 Å². The summed E-state index contributed by atoms with van der Waals surface area (Å²) in [4.78, 5) is 1.88. The van der Waals surface area contributed by atoms with Gasteiger partial charge < -0.3 is 5.32 Å². The molecule has 1 aromatic rings. The molecule has 1 aromatic heterocycles. The molecule has 1 heterocycles. The molecule has 0 aromatic carbocycles. The molecule has 15 heavy (non-hydrogen) atoms. The Kier molecular flexibility index (Phi) is 3.34. The Morgan fingerprint density at radius 3 is 3.00 bits per heavy atom. The maximum Gasteiger partial charge on any atom is 0.110 e. The summed E-state index contributed by atoms with van der Waals surface area (Å²) in [5, 5.41) is 12.0. The first-order valence-electron chi connectivity index (χ1n) is 5.14. The van der Waals surface area contributed by atoms with E-state index in [9.17, 15) is 4.39 Å². The predicted molar refractivity (Wildman–Crippen MR) is 58.4 cm³/mol. The fourth-order valence-corrected chi connectivity index (χ4v) is 2.65. The highest BCUT2D eigenvalue weighted by Crippen LogP contribution is 2.23. The van der Waals surface area contributed by atoms with E-state index >= 15 is 0 Å². The third kappa shape index (κ3) is 2.77. The number of nitrogens with zero attached hydrogens (tertiary/aromatic N) is 1. The maximum atomic E-state index is 12.9. The second-order valence-corrected chi connectivity index (χ2v) is 5.03. The van der Waals surface area contributed by atoms with Crippen molar-refractivity contribution in [2.45, 2.75) is 38.0 Å². The molecule has 0 radical (unpaired) electrons. The highest BCUT2D eigenvalue weighted by atomic mass is 32.1. The highest BCUT2D eigenvalue weighted by Gasteiger charge is 2.23. The summed E-state index contributed by atoms with van der Waals surface area (Å²) in [6.07, 6.45) is 1.63. The van der Waals surface area contributed by atoms with Crippen LogP contribution in [0.5, 0.6) is 0 Å². The zero-order chi connectivity index (χ0) is 10.7. The zero-order valence-corrected chi connectivity index (χ0v) is 9.19. The van der Waals surface area contributed by atoms with Crippen molar-refractivity contribution in [1.82, 2.24) is 5.32 Å². The minimum atomic E-state index is -0.625. The van der Waals surface area contributed by atoms with Gasteiger partial charge in [0.05, 0.1) is 0 Å². The van der Waals surface area contributed by atoms with Crippen molar-refractivity contribution in [3.8, 4) is 6.07 Å². The molecular formula is C11H13FN2S. The molecule has 1 N–H and O–H groups in total. The number of alkyl halides is 1. The average molecular weight is 224 g/mol. The Bertz CT molecular complexity index is 369. The number of halogens is 1. The van der Waals surface area contributed by atoms with Crippen LogP contribution in [0.3, 0.4) is 0 Å². The molecule has 0 saturated heterocycles. The minimum Gasteiger partial charge on any atom is -0.309 e. The molecule has 0 amide bonds. The first kappa shape index (κ1) is 10.6. The fraction of sp³-hybridized carbons (Fsp3) is 0.545. The molecule has 0 bridgehead atoms. The van der Waals surface area contributed by atoms with Gasteiger partial charge in [0.2, 0.25) is 0 Å². The zero-order valence-electron chi connectivity index (χ0n) is 8.37. The van der Waals surface area contributed by atoms with Crippen LogP contribution in [0.25, 0.3) is 0 Å². The van der Waals surface area contributed by atoms with Crippen LogP contribution in [0.15, 0.2) is 12.1 Å². The smallest absolute Gasteiger partial charge is 0.110 e. The molecule has 1 aliphatic rings. The van der Waals surface area contributed by atoms with E-state index in [0.717, 1.165) is 22.7 Å². The molecule has 80 valence electrons. The molecule has 2 atom stereocenters. The van der Waals surface area contributed by atoms with E-state index < -0.39 is 6.17 Å². The highest BCUT2D eigenvalue weighted by molar-refractivity contribution is 7.12.